The molecule has 3 saturated heterocycles. The average Bonchev–Trinajstić information content (AvgIpc) is 2.69. The summed E-state index contributed by atoms with van der Waals surface area (Å²) in [5, 5.41) is 2.65. The van der Waals surface area contributed by atoms with Gasteiger partial charge in [0.1, 0.15) is 0 Å². The van der Waals surface area contributed by atoms with Gasteiger partial charge in [-0.1, -0.05) is 11.9 Å². The number of hydrazine groups is 1. The molecule has 3 nitrogen and oxygen atoms in total. The summed E-state index contributed by atoms with van der Waals surface area (Å²) in [7, 11) is 0. The molecule has 0 aromatic heterocycles. The zero-order valence-electron chi connectivity index (χ0n) is 9.40. The van der Waals surface area contributed by atoms with Crippen molar-refractivity contribution < 1.29 is 0 Å². The summed E-state index contributed by atoms with van der Waals surface area (Å²) in [6.07, 6.45) is 7.72. The highest BCUT2D eigenvalue weighted by molar-refractivity contribution is 7.97. The highest BCUT2D eigenvalue weighted by atomic mass is 32.2. The number of piperidine rings is 1. The van der Waals surface area contributed by atoms with Crippen LogP contribution in [0.15, 0.2) is 0 Å². The number of hydrogen-bond acceptors (Lipinski definition) is 4. The van der Waals surface area contributed by atoms with Crippen molar-refractivity contribution in [3.8, 4) is 0 Å². The minimum Gasteiger partial charge on any atom is -0.287 e. The predicted octanol–water partition coefficient (Wildman–Crippen LogP) is 1.77. The maximum atomic E-state index is 2.66. The monoisotopic (exact) mass is 227 g/mol. The van der Waals surface area contributed by atoms with Crippen molar-refractivity contribution in [2.24, 2.45) is 0 Å². The van der Waals surface area contributed by atoms with Crippen LogP contribution in [-0.2, 0) is 0 Å². The molecule has 3 rings (SSSR count). The van der Waals surface area contributed by atoms with E-state index in [-0.39, 0.29) is 0 Å². The standard InChI is InChI=1S/C11H21N3S/c1-2-8-13(14-9-4-10-15-14)11(5-1)12-6-3-7-12/h11H,1-10H2. The second-order valence-corrected chi connectivity index (χ2v) is 5.88. The molecule has 0 radical (unpaired) electrons. The number of hydrogen-bond donors (Lipinski definition) is 0. The molecule has 0 aromatic carbocycles. The molecule has 86 valence electrons. The van der Waals surface area contributed by atoms with Crippen molar-refractivity contribution >= 4 is 11.9 Å². The lowest BCUT2D eigenvalue weighted by Crippen LogP contribution is -2.59. The van der Waals surface area contributed by atoms with E-state index in [1.165, 1.54) is 64.0 Å². The van der Waals surface area contributed by atoms with Gasteiger partial charge in [-0.2, -0.15) is 4.41 Å². The molecule has 3 heterocycles. The minimum atomic E-state index is 0.734. The van der Waals surface area contributed by atoms with Crippen LogP contribution in [-0.4, -0.2) is 52.4 Å². The number of likely N-dealkylation sites (tertiary alicyclic amines) is 1. The first-order valence-corrected chi connectivity index (χ1v) is 7.30. The molecule has 3 aliphatic rings. The van der Waals surface area contributed by atoms with Crippen LogP contribution in [0.2, 0.25) is 0 Å². The summed E-state index contributed by atoms with van der Waals surface area (Å²) in [5.74, 6) is 1.32. The number of nitrogens with zero attached hydrogens (tertiary/aromatic N) is 3. The van der Waals surface area contributed by atoms with Crippen LogP contribution in [0.4, 0.5) is 0 Å². The molecule has 3 aliphatic heterocycles. The molecule has 0 aromatic rings. The van der Waals surface area contributed by atoms with Crippen LogP contribution < -0.4 is 0 Å². The smallest absolute Gasteiger partial charge is 0.0769 e. The van der Waals surface area contributed by atoms with E-state index in [0.717, 1.165) is 6.17 Å². The van der Waals surface area contributed by atoms with Crippen molar-refractivity contribution in [1.29, 1.82) is 0 Å². The Kier molecular flexibility index (Phi) is 3.20. The molecule has 0 spiro atoms. The largest absolute Gasteiger partial charge is 0.287 e. The van der Waals surface area contributed by atoms with E-state index in [4.69, 9.17) is 0 Å². The maximum Gasteiger partial charge on any atom is 0.0769 e. The van der Waals surface area contributed by atoms with Gasteiger partial charge in [-0.15, -0.1) is 0 Å². The van der Waals surface area contributed by atoms with Crippen LogP contribution in [0, 0.1) is 0 Å². The fraction of sp³-hybridized carbons (Fsp3) is 1.00. The molecule has 0 amide bonds. The fourth-order valence-corrected chi connectivity index (χ4v) is 3.87. The Labute approximate surface area is 96.9 Å². The average molecular weight is 227 g/mol. The van der Waals surface area contributed by atoms with Gasteiger partial charge in [0.25, 0.3) is 0 Å². The summed E-state index contributed by atoms with van der Waals surface area (Å²) in [4.78, 5) is 2.66. The SMILES string of the molecule is C1CCN(N2CCCS2)C(N2CCC2)C1. The van der Waals surface area contributed by atoms with Crippen LogP contribution in [0.25, 0.3) is 0 Å². The minimum absolute atomic E-state index is 0.734. The molecule has 0 aliphatic carbocycles. The third-order valence-corrected chi connectivity index (χ3v) is 4.94. The Morgan fingerprint density at radius 1 is 0.867 bits per heavy atom. The first-order chi connectivity index (χ1) is 7.45. The zero-order chi connectivity index (χ0) is 10.1. The molecule has 4 heteroatoms. The normalized spacial score (nSPS) is 35.6. The van der Waals surface area contributed by atoms with E-state index >= 15 is 0 Å². The van der Waals surface area contributed by atoms with Gasteiger partial charge >= 0.3 is 0 Å². The van der Waals surface area contributed by atoms with E-state index in [1.807, 2.05) is 11.9 Å². The van der Waals surface area contributed by atoms with Crippen molar-refractivity contribution in [1.82, 2.24) is 14.3 Å². The number of rotatable bonds is 2. The first kappa shape index (κ1) is 10.4. The molecule has 15 heavy (non-hydrogen) atoms. The lowest BCUT2D eigenvalue weighted by atomic mass is 10.1. The third-order valence-electron chi connectivity index (χ3n) is 3.78. The quantitative estimate of drug-likeness (QED) is 0.665. The Hall–Kier alpha value is 0.230. The van der Waals surface area contributed by atoms with Gasteiger partial charge in [0.15, 0.2) is 0 Å². The second kappa shape index (κ2) is 4.62. The Balaban J connectivity index is 1.65. The van der Waals surface area contributed by atoms with Crippen molar-refractivity contribution in [2.45, 2.75) is 38.3 Å². The highest BCUT2D eigenvalue weighted by Gasteiger charge is 2.35. The van der Waals surface area contributed by atoms with E-state index in [2.05, 4.69) is 14.3 Å². The van der Waals surface area contributed by atoms with Crippen LogP contribution in [0.3, 0.4) is 0 Å². The highest BCUT2D eigenvalue weighted by Crippen LogP contribution is 2.31. The molecule has 0 bridgehead atoms. The van der Waals surface area contributed by atoms with E-state index in [1.54, 1.807) is 0 Å². The maximum absolute atomic E-state index is 2.66. The molecular weight excluding hydrogens is 206 g/mol. The van der Waals surface area contributed by atoms with Crippen LogP contribution in [0.1, 0.15) is 32.1 Å². The van der Waals surface area contributed by atoms with Gasteiger partial charge in [0.2, 0.25) is 0 Å². The van der Waals surface area contributed by atoms with E-state index in [9.17, 15) is 0 Å². The van der Waals surface area contributed by atoms with Gasteiger partial charge in [-0.3, -0.25) is 4.90 Å². The molecule has 0 saturated carbocycles. The summed E-state index contributed by atoms with van der Waals surface area (Å²) in [5.41, 5.74) is 0. The lowest BCUT2D eigenvalue weighted by molar-refractivity contribution is -0.0954. The lowest BCUT2D eigenvalue weighted by Gasteiger charge is -2.48. The molecular formula is C11H21N3S. The fourth-order valence-electron chi connectivity index (χ4n) is 2.81. The summed E-state index contributed by atoms with van der Waals surface area (Å²) >= 11 is 2.04. The first-order valence-electron chi connectivity index (χ1n) is 6.36. The summed E-state index contributed by atoms with van der Waals surface area (Å²) < 4.78 is 2.54. The van der Waals surface area contributed by atoms with Gasteiger partial charge in [-0.05, 0) is 32.1 Å². The van der Waals surface area contributed by atoms with Gasteiger partial charge < -0.3 is 0 Å². The van der Waals surface area contributed by atoms with E-state index < -0.39 is 0 Å². The summed E-state index contributed by atoms with van der Waals surface area (Å²) in [6, 6.07) is 0. The van der Waals surface area contributed by atoms with Gasteiger partial charge in [0.05, 0.1) is 6.17 Å². The molecule has 0 N–H and O–H groups in total. The van der Waals surface area contributed by atoms with E-state index in [0.29, 0.717) is 0 Å². The Bertz CT molecular complexity index is 214. The van der Waals surface area contributed by atoms with Crippen LogP contribution in [0.5, 0.6) is 0 Å². The molecule has 3 fully saturated rings. The topological polar surface area (TPSA) is 9.72 Å². The predicted molar refractivity (Wildman–Crippen MR) is 64.3 cm³/mol. The molecule has 1 unspecified atom stereocenters. The third kappa shape index (κ3) is 2.05. The Morgan fingerprint density at radius 3 is 2.47 bits per heavy atom. The van der Waals surface area contributed by atoms with Gasteiger partial charge in [0, 0.05) is 31.9 Å². The van der Waals surface area contributed by atoms with Crippen molar-refractivity contribution in [2.75, 3.05) is 31.9 Å². The summed E-state index contributed by atoms with van der Waals surface area (Å²) in [6.45, 7) is 5.22. The second-order valence-electron chi connectivity index (χ2n) is 4.79. The zero-order valence-corrected chi connectivity index (χ0v) is 10.2. The van der Waals surface area contributed by atoms with Crippen molar-refractivity contribution in [3.63, 3.8) is 0 Å². The van der Waals surface area contributed by atoms with Crippen molar-refractivity contribution in [3.05, 3.63) is 0 Å². The molecule has 1 atom stereocenters. The Morgan fingerprint density at radius 2 is 1.80 bits per heavy atom. The van der Waals surface area contributed by atoms with Gasteiger partial charge in [-0.25, -0.2) is 5.01 Å². The van der Waals surface area contributed by atoms with Crippen LogP contribution >= 0.6 is 11.9 Å².